The van der Waals surface area contributed by atoms with Crippen LogP contribution in [0.1, 0.15) is 12.0 Å². The average Bonchev–Trinajstić information content (AvgIpc) is 2.63. The predicted octanol–water partition coefficient (Wildman–Crippen LogP) is 2.04. The minimum absolute atomic E-state index is 0.188. The maximum Gasteiger partial charge on any atom is 0.417 e. The Morgan fingerprint density at radius 1 is 1.31 bits per heavy atom. The Balaban J connectivity index is 2.32. The van der Waals surface area contributed by atoms with Gasteiger partial charge >= 0.3 is 6.18 Å². The molecule has 3 nitrogen and oxygen atoms in total. The monoisotopic (exact) mass is 229 g/mol. The Hall–Kier alpha value is -1.59. The summed E-state index contributed by atoms with van der Waals surface area (Å²) in [7, 11) is 0. The van der Waals surface area contributed by atoms with Gasteiger partial charge in [-0.1, -0.05) is 0 Å². The molecule has 0 saturated carbocycles. The summed E-state index contributed by atoms with van der Waals surface area (Å²) in [5, 5.41) is 0. The molecule has 0 aliphatic carbocycles. The number of halogens is 3. The zero-order valence-electron chi connectivity index (χ0n) is 8.16. The van der Waals surface area contributed by atoms with Crippen molar-refractivity contribution < 1.29 is 18.0 Å². The molecule has 1 saturated heterocycles. The normalized spacial score (nSPS) is 16.9. The van der Waals surface area contributed by atoms with Gasteiger partial charge in [-0.15, -0.1) is 0 Å². The molecular weight excluding hydrogens is 221 g/mol. The van der Waals surface area contributed by atoms with Crippen LogP contribution in [0.15, 0.2) is 18.5 Å². The molecule has 0 N–H and O–H groups in total. The third kappa shape index (κ3) is 2.00. The summed E-state index contributed by atoms with van der Waals surface area (Å²) in [5.41, 5.74) is -0.654. The number of pyridine rings is 1. The van der Waals surface area contributed by atoms with Crippen LogP contribution in [0.4, 0.5) is 18.9 Å². The Morgan fingerprint density at radius 3 is 2.62 bits per heavy atom. The lowest BCUT2D eigenvalue weighted by atomic mass is 10.2. The number of hydrogen-bond donors (Lipinski definition) is 0. The molecule has 0 bridgehead atoms. The highest BCUT2D eigenvalue weighted by atomic mass is 19.4. The second-order valence-corrected chi connectivity index (χ2v) is 3.41. The quantitative estimate of drug-likeness (QED) is 0.738. The number of carbonyl (C=O) groups excluding carboxylic acids is 1. The van der Waals surface area contributed by atoms with E-state index in [0.717, 1.165) is 12.3 Å². The molecule has 1 aliphatic heterocycles. The van der Waals surface area contributed by atoms with Gasteiger partial charge in [-0.2, -0.15) is 13.2 Å². The van der Waals surface area contributed by atoms with Crippen LogP contribution in [0.2, 0.25) is 0 Å². The molecule has 85 valence electrons. The number of rotatable bonds is 1. The summed E-state index contributed by atoms with van der Waals surface area (Å²) in [5.74, 6) is -0.277. The first-order valence-electron chi connectivity index (χ1n) is 4.65. The standard InChI is InChI=1S/C10H8F3N2O/c11-10(12,13)7-4-8(6-14-5-7)15-3-1-2-9(15)16/h2,4-6H,1,3H2. The Bertz CT molecular complexity index is 417. The van der Waals surface area contributed by atoms with Crippen molar-refractivity contribution in [3.63, 3.8) is 0 Å². The second kappa shape index (κ2) is 3.77. The molecule has 1 fully saturated rings. The van der Waals surface area contributed by atoms with E-state index in [2.05, 4.69) is 4.98 Å². The lowest BCUT2D eigenvalue weighted by Gasteiger charge is -2.16. The Kier molecular flexibility index (Phi) is 2.57. The molecule has 1 aromatic rings. The molecule has 1 aliphatic rings. The maximum atomic E-state index is 12.4. The van der Waals surface area contributed by atoms with Gasteiger partial charge in [0.05, 0.1) is 23.9 Å². The van der Waals surface area contributed by atoms with E-state index >= 15 is 0 Å². The third-order valence-electron chi connectivity index (χ3n) is 2.30. The van der Waals surface area contributed by atoms with Gasteiger partial charge in [-0.05, 0) is 12.5 Å². The van der Waals surface area contributed by atoms with Crippen LogP contribution in [0.5, 0.6) is 0 Å². The summed E-state index contributed by atoms with van der Waals surface area (Å²) in [6, 6.07) is 0.935. The molecule has 16 heavy (non-hydrogen) atoms. The topological polar surface area (TPSA) is 33.2 Å². The van der Waals surface area contributed by atoms with E-state index in [0.29, 0.717) is 13.0 Å². The number of anilines is 1. The minimum atomic E-state index is -4.44. The van der Waals surface area contributed by atoms with E-state index < -0.39 is 11.7 Å². The van der Waals surface area contributed by atoms with Crippen molar-refractivity contribution >= 4 is 11.6 Å². The molecule has 2 rings (SSSR count). The van der Waals surface area contributed by atoms with Crippen LogP contribution in [-0.4, -0.2) is 17.4 Å². The van der Waals surface area contributed by atoms with Crippen molar-refractivity contribution in [2.24, 2.45) is 0 Å². The van der Waals surface area contributed by atoms with E-state index in [1.807, 2.05) is 0 Å². The van der Waals surface area contributed by atoms with Gasteiger partial charge in [-0.3, -0.25) is 9.78 Å². The van der Waals surface area contributed by atoms with Gasteiger partial charge in [0.2, 0.25) is 5.91 Å². The largest absolute Gasteiger partial charge is 0.417 e. The summed E-state index contributed by atoms with van der Waals surface area (Å²) in [6.07, 6.45) is -0.440. The third-order valence-corrected chi connectivity index (χ3v) is 2.30. The molecule has 1 aromatic heterocycles. The van der Waals surface area contributed by atoms with Crippen LogP contribution < -0.4 is 4.90 Å². The van der Waals surface area contributed by atoms with Crippen LogP contribution in [0.3, 0.4) is 0 Å². The van der Waals surface area contributed by atoms with Gasteiger partial charge in [0, 0.05) is 12.7 Å². The van der Waals surface area contributed by atoms with E-state index in [1.54, 1.807) is 0 Å². The Morgan fingerprint density at radius 2 is 2.06 bits per heavy atom. The number of hydrogen-bond acceptors (Lipinski definition) is 2. The molecular formula is C10H8F3N2O. The molecule has 1 amide bonds. The molecule has 1 radical (unpaired) electrons. The zero-order chi connectivity index (χ0) is 11.8. The van der Waals surface area contributed by atoms with Crippen molar-refractivity contribution in [1.29, 1.82) is 0 Å². The van der Waals surface area contributed by atoms with Crippen LogP contribution in [-0.2, 0) is 11.0 Å². The van der Waals surface area contributed by atoms with Gasteiger partial charge in [0.25, 0.3) is 0 Å². The minimum Gasteiger partial charge on any atom is -0.311 e. The van der Waals surface area contributed by atoms with E-state index in [4.69, 9.17) is 0 Å². The smallest absolute Gasteiger partial charge is 0.311 e. The van der Waals surface area contributed by atoms with Crippen LogP contribution in [0.25, 0.3) is 0 Å². The van der Waals surface area contributed by atoms with Crippen LogP contribution in [0, 0.1) is 6.42 Å². The number of carbonyl (C=O) groups is 1. The fourth-order valence-electron chi connectivity index (χ4n) is 1.52. The van der Waals surface area contributed by atoms with E-state index in [9.17, 15) is 18.0 Å². The molecule has 6 heteroatoms. The van der Waals surface area contributed by atoms with E-state index in [-0.39, 0.29) is 11.6 Å². The second-order valence-electron chi connectivity index (χ2n) is 3.41. The predicted molar refractivity (Wildman–Crippen MR) is 50.5 cm³/mol. The maximum absolute atomic E-state index is 12.4. The first-order chi connectivity index (χ1) is 7.48. The Labute approximate surface area is 89.9 Å². The summed E-state index contributed by atoms with van der Waals surface area (Å²) < 4.78 is 37.2. The van der Waals surface area contributed by atoms with Crippen molar-refractivity contribution in [2.75, 3.05) is 11.4 Å². The zero-order valence-corrected chi connectivity index (χ0v) is 8.16. The fraction of sp³-hybridized carbons (Fsp3) is 0.300. The molecule has 2 heterocycles. The molecule has 0 atom stereocenters. The fourth-order valence-corrected chi connectivity index (χ4v) is 1.52. The number of alkyl halides is 3. The highest BCUT2D eigenvalue weighted by Crippen LogP contribution is 2.31. The lowest BCUT2D eigenvalue weighted by Crippen LogP contribution is -2.24. The summed E-state index contributed by atoms with van der Waals surface area (Å²) in [6.45, 7) is 0.405. The number of aromatic nitrogens is 1. The SMILES string of the molecule is O=C1[CH]CCN1c1cncc(C(F)(F)F)c1. The van der Waals surface area contributed by atoms with Crippen molar-refractivity contribution in [3.8, 4) is 0 Å². The van der Waals surface area contributed by atoms with Crippen molar-refractivity contribution in [1.82, 2.24) is 4.98 Å². The number of amides is 1. The molecule has 0 spiro atoms. The highest BCUT2D eigenvalue weighted by Gasteiger charge is 2.32. The molecule has 0 unspecified atom stereocenters. The van der Waals surface area contributed by atoms with Gasteiger partial charge < -0.3 is 4.90 Å². The van der Waals surface area contributed by atoms with Crippen molar-refractivity contribution in [2.45, 2.75) is 12.6 Å². The lowest BCUT2D eigenvalue weighted by molar-refractivity contribution is -0.137. The van der Waals surface area contributed by atoms with Gasteiger partial charge in [-0.25, -0.2) is 0 Å². The van der Waals surface area contributed by atoms with Gasteiger partial charge in [0.1, 0.15) is 0 Å². The highest BCUT2D eigenvalue weighted by molar-refractivity contribution is 6.01. The average molecular weight is 229 g/mol. The van der Waals surface area contributed by atoms with Gasteiger partial charge in [0.15, 0.2) is 0 Å². The summed E-state index contributed by atoms with van der Waals surface area (Å²) >= 11 is 0. The van der Waals surface area contributed by atoms with Crippen LogP contribution >= 0.6 is 0 Å². The molecule has 0 aromatic carbocycles. The van der Waals surface area contributed by atoms with E-state index in [1.165, 1.54) is 17.5 Å². The van der Waals surface area contributed by atoms with Crippen molar-refractivity contribution in [3.05, 3.63) is 30.4 Å². The first-order valence-corrected chi connectivity index (χ1v) is 4.65. The summed E-state index contributed by atoms with van der Waals surface area (Å²) in [4.78, 5) is 16.1. The first kappa shape index (κ1) is 10.9. The number of nitrogens with zero attached hydrogens (tertiary/aromatic N) is 2.